The zero-order valence-electron chi connectivity index (χ0n) is 30.2. The summed E-state index contributed by atoms with van der Waals surface area (Å²) >= 11 is 0. The van der Waals surface area contributed by atoms with E-state index in [4.69, 9.17) is 0 Å². The molecule has 0 atom stereocenters. The number of nitrogens with zero attached hydrogens (tertiary/aromatic N) is 2. The lowest BCUT2D eigenvalue weighted by Gasteiger charge is -2.27. The first-order valence-electron chi connectivity index (χ1n) is 18.0. The highest BCUT2D eigenvalue weighted by atomic mass is 15.0. The van der Waals surface area contributed by atoms with Crippen LogP contribution in [-0.4, -0.2) is 9.13 Å². The minimum atomic E-state index is 0.0964. The molecule has 50 heavy (non-hydrogen) atoms. The highest BCUT2D eigenvalue weighted by Gasteiger charge is 2.27. The van der Waals surface area contributed by atoms with E-state index < -0.39 is 0 Å². The number of fused-ring (bicyclic) bond motifs is 3. The van der Waals surface area contributed by atoms with Gasteiger partial charge in [0.15, 0.2) is 0 Å². The molecule has 1 aliphatic carbocycles. The summed E-state index contributed by atoms with van der Waals surface area (Å²) in [5.41, 5.74) is 16.9. The van der Waals surface area contributed by atoms with Crippen LogP contribution in [0.1, 0.15) is 64.8 Å². The minimum Gasteiger partial charge on any atom is -0.313 e. The van der Waals surface area contributed by atoms with Gasteiger partial charge in [-0.1, -0.05) is 144 Å². The molecule has 0 saturated carbocycles. The Hall–Kier alpha value is -5.34. The van der Waals surface area contributed by atoms with Crippen LogP contribution in [0.4, 0.5) is 0 Å². The molecule has 0 N–H and O–H groups in total. The third-order valence-electron chi connectivity index (χ3n) is 10.5. The maximum Gasteiger partial charge on any atom is 0.0537 e. The van der Waals surface area contributed by atoms with Crippen LogP contribution in [0.15, 0.2) is 145 Å². The molecule has 8 rings (SSSR count). The topological polar surface area (TPSA) is 9.86 Å². The third kappa shape index (κ3) is 5.73. The molecular formula is C48H46N2. The minimum absolute atomic E-state index is 0.0964. The standard InChI is InChI=1S/C48H46N2/c1-47(2,3)37-21-27-45-41(31-37)42-32-38(48(4,5)6)22-28-46(42)50(45)40-25-19-34(20-26-40)33-17-23-39(24-18-33)49-43(35-13-9-7-10-14-35)29-30-44(49)36-15-11-8-12-16-36/h7-21,23-27,29-32H,22,28H2,1-6H3. The Labute approximate surface area is 297 Å². The number of allylic oxidation sites excluding steroid dienone is 1. The molecule has 0 saturated heterocycles. The average Bonchev–Trinajstić information content (AvgIpc) is 3.71. The van der Waals surface area contributed by atoms with Gasteiger partial charge in [0.1, 0.15) is 0 Å². The van der Waals surface area contributed by atoms with E-state index in [9.17, 15) is 0 Å². The molecule has 7 aromatic rings. The lowest BCUT2D eigenvalue weighted by atomic mass is 9.79. The van der Waals surface area contributed by atoms with E-state index in [-0.39, 0.29) is 10.8 Å². The van der Waals surface area contributed by atoms with Crippen LogP contribution in [0.2, 0.25) is 0 Å². The van der Waals surface area contributed by atoms with Gasteiger partial charge in [-0.05, 0) is 100 Å². The van der Waals surface area contributed by atoms with Gasteiger partial charge >= 0.3 is 0 Å². The van der Waals surface area contributed by atoms with Crippen molar-refractivity contribution in [3.63, 3.8) is 0 Å². The first-order valence-corrected chi connectivity index (χ1v) is 18.0. The number of hydrogen-bond donors (Lipinski definition) is 0. The first-order chi connectivity index (χ1) is 24.1. The molecule has 0 fully saturated rings. The number of hydrogen-bond acceptors (Lipinski definition) is 0. The van der Waals surface area contributed by atoms with Crippen LogP contribution in [0.25, 0.3) is 62.0 Å². The fraction of sp³-hybridized carbons (Fsp3) is 0.208. The van der Waals surface area contributed by atoms with Crippen molar-refractivity contribution in [3.8, 4) is 45.0 Å². The van der Waals surface area contributed by atoms with Gasteiger partial charge in [-0.3, -0.25) is 0 Å². The summed E-state index contributed by atoms with van der Waals surface area (Å²) in [6.45, 7) is 14.0. The summed E-state index contributed by atoms with van der Waals surface area (Å²) in [7, 11) is 0. The Morgan fingerprint density at radius 3 is 1.48 bits per heavy atom. The number of rotatable bonds is 5. The molecule has 0 aliphatic heterocycles. The van der Waals surface area contributed by atoms with Crippen LogP contribution >= 0.6 is 0 Å². The van der Waals surface area contributed by atoms with Crippen molar-refractivity contribution in [2.24, 2.45) is 5.41 Å². The molecule has 5 aromatic carbocycles. The van der Waals surface area contributed by atoms with E-state index in [1.54, 1.807) is 0 Å². The fourth-order valence-corrected chi connectivity index (χ4v) is 7.62. The lowest BCUT2D eigenvalue weighted by Crippen LogP contribution is -2.14. The maximum absolute atomic E-state index is 2.52. The third-order valence-corrected chi connectivity index (χ3v) is 10.5. The highest BCUT2D eigenvalue weighted by Crippen LogP contribution is 2.42. The van der Waals surface area contributed by atoms with Crippen molar-refractivity contribution in [2.45, 2.75) is 59.8 Å². The Morgan fingerprint density at radius 2 is 0.980 bits per heavy atom. The predicted octanol–water partition coefficient (Wildman–Crippen LogP) is 13.1. The Kier molecular flexibility index (Phi) is 7.79. The maximum atomic E-state index is 2.52. The zero-order valence-corrected chi connectivity index (χ0v) is 30.2. The van der Waals surface area contributed by atoms with Gasteiger partial charge in [0.2, 0.25) is 0 Å². The van der Waals surface area contributed by atoms with E-state index in [1.165, 1.54) is 72.6 Å². The van der Waals surface area contributed by atoms with Crippen LogP contribution in [0.5, 0.6) is 0 Å². The fourth-order valence-electron chi connectivity index (χ4n) is 7.62. The first kappa shape index (κ1) is 31.9. The second-order valence-electron chi connectivity index (χ2n) is 15.9. The summed E-state index contributed by atoms with van der Waals surface area (Å²) in [6, 6.07) is 51.1. The van der Waals surface area contributed by atoms with Crippen LogP contribution in [0, 0.1) is 5.41 Å². The second-order valence-corrected chi connectivity index (χ2v) is 15.9. The summed E-state index contributed by atoms with van der Waals surface area (Å²) in [5.74, 6) is 0. The molecular weight excluding hydrogens is 605 g/mol. The van der Waals surface area contributed by atoms with Gasteiger partial charge in [-0.15, -0.1) is 0 Å². The molecule has 0 spiro atoms. The van der Waals surface area contributed by atoms with Crippen molar-refractivity contribution >= 4 is 17.0 Å². The van der Waals surface area contributed by atoms with Crippen LogP contribution in [0.3, 0.4) is 0 Å². The van der Waals surface area contributed by atoms with Crippen molar-refractivity contribution in [1.29, 1.82) is 0 Å². The van der Waals surface area contributed by atoms with Crippen molar-refractivity contribution in [3.05, 3.63) is 162 Å². The summed E-state index contributed by atoms with van der Waals surface area (Å²) in [4.78, 5) is 0. The Morgan fingerprint density at radius 1 is 0.460 bits per heavy atom. The van der Waals surface area contributed by atoms with E-state index in [0.717, 1.165) is 18.5 Å². The number of benzene rings is 5. The number of aromatic nitrogens is 2. The summed E-state index contributed by atoms with van der Waals surface area (Å²) in [6.07, 6.45) is 4.65. The monoisotopic (exact) mass is 650 g/mol. The Balaban J connectivity index is 1.17. The Bertz CT molecular complexity index is 2280. The summed E-state index contributed by atoms with van der Waals surface area (Å²) in [5, 5.41) is 1.36. The van der Waals surface area contributed by atoms with E-state index in [1.807, 2.05) is 0 Å². The highest BCUT2D eigenvalue weighted by molar-refractivity contribution is 5.94. The zero-order chi connectivity index (χ0) is 34.6. The van der Waals surface area contributed by atoms with Crippen LogP contribution in [-0.2, 0) is 11.8 Å². The van der Waals surface area contributed by atoms with E-state index in [0.29, 0.717) is 0 Å². The van der Waals surface area contributed by atoms with Gasteiger partial charge < -0.3 is 9.13 Å². The molecule has 248 valence electrons. The van der Waals surface area contributed by atoms with Gasteiger partial charge in [-0.25, -0.2) is 0 Å². The lowest BCUT2D eigenvalue weighted by molar-refractivity contribution is 0.483. The van der Waals surface area contributed by atoms with Gasteiger partial charge in [0, 0.05) is 28.0 Å². The average molecular weight is 651 g/mol. The van der Waals surface area contributed by atoms with Gasteiger partial charge in [0.25, 0.3) is 0 Å². The molecule has 1 aliphatic rings. The van der Waals surface area contributed by atoms with Crippen molar-refractivity contribution < 1.29 is 0 Å². The van der Waals surface area contributed by atoms with Crippen molar-refractivity contribution in [1.82, 2.24) is 9.13 Å². The summed E-state index contributed by atoms with van der Waals surface area (Å²) < 4.78 is 4.89. The van der Waals surface area contributed by atoms with E-state index >= 15 is 0 Å². The SMILES string of the molecule is CC(C)(C)C1=Cc2c(n(-c3ccc(-c4ccc(-n5c(-c6ccccc6)ccc5-c5ccccc5)cc4)cc3)c3ccc(C(C)(C)C)cc23)CC1. The molecule has 0 radical (unpaired) electrons. The molecule has 2 nitrogen and oxygen atoms in total. The van der Waals surface area contributed by atoms with Crippen molar-refractivity contribution in [2.75, 3.05) is 0 Å². The molecule has 2 heterocycles. The smallest absolute Gasteiger partial charge is 0.0537 e. The molecule has 2 aromatic heterocycles. The van der Waals surface area contributed by atoms with Gasteiger partial charge in [-0.2, -0.15) is 0 Å². The molecule has 2 heteroatoms. The second kappa shape index (κ2) is 12.2. The largest absolute Gasteiger partial charge is 0.313 e. The molecule has 0 bridgehead atoms. The molecule has 0 unspecified atom stereocenters. The normalized spacial score (nSPS) is 13.4. The van der Waals surface area contributed by atoms with Crippen LogP contribution < -0.4 is 0 Å². The molecule has 0 amide bonds. The quantitative estimate of drug-likeness (QED) is 0.175. The van der Waals surface area contributed by atoms with E-state index in [2.05, 4.69) is 196 Å². The predicted molar refractivity (Wildman–Crippen MR) is 213 cm³/mol. The van der Waals surface area contributed by atoms with Gasteiger partial charge in [0.05, 0.1) is 16.9 Å².